The molecule has 0 unspecified atom stereocenters. The Morgan fingerprint density at radius 3 is 2.78 bits per heavy atom. The number of carbonyl (C=O) groups excluding carboxylic acids is 2. The summed E-state index contributed by atoms with van der Waals surface area (Å²) in [5, 5.41) is 6.78. The molecule has 0 aliphatic carbocycles. The Bertz CT molecular complexity index is 451. The Hall–Kier alpha value is -2.11. The van der Waals surface area contributed by atoms with Crippen LogP contribution in [0.5, 0.6) is 0 Å². The lowest BCUT2D eigenvalue weighted by Crippen LogP contribution is -2.33. The van der Waals surface area contributed by atoms with Crippen molar-refractivity contribution in [2.45, 2.75) is 19.9 Å². The van der Waals surface area contributed by atoms with Crippen LogP contribution < -0.4 is 5.32 Å². The Labute approximate surface area is 106 Å². The van der Waals surface area contributed by atoms with Gasteiger partial charge in [0.1, 0.15) is 0 Å². The molecule has 1 aromatic heterocycles. The SMILES string of the molecule is C=CC(=O)N(C)CC(=O)Nc1cnn(C(C)C)c1. The molecule has 1 heterocycles. The van der Waals surface area contributed by atoms with E-state index in [0.29, 0.717) is 5.69 Å². The van der Waals surface area contributed by atoms with E-state index < -0.39 is 0 Å². The van der Waals surface area contributed by atoms with Crippen LogP contribution >= 0.6 is 0 Å². The highest BCUT2D eigenvalue weighted by Gasteiger charge is 2.11. The zero-order chi connectivity index (χ0) is 13.7. The summed E-state index contributed by atoms with van der Waals surface area (Å²) < 4.78 is 1.74. The van der Waals surface area contributed by atoms with E-state index in [0.717, 1.165) is 0 Å². The molecule has 98 valence electrons. The number of carbonyl (C=O) groups is 2. The van der Waals surface area contributed by atoms with Crippen molar-refractivity contribution in [2.24, 2.45) is 0 Å². The molecule has 0 saturated heterocycles. The Balaban J connectivity index is 2.54. The van der Waals surface area contributed by atoms with E-state index in [1.807, 2.05) is 13.8 Å². The molecule has 0 aromatic carbocycles. The second kappa shape index (κ2) is 6.00. The van der Waals surface area contributed by atoms with Crippen molar-refractivity contribution in [3.05, 3.63) is 25.0 Å². The van der Waals surface area contributed by atoms with Gasteiger partial charge in [0.15, 0.2) is 0 Å². The number of nitrogens with one attached hydrogen (secondary N) is 1. The summed E-state index contributed by atoms with van der Waals surface area (Å²) in [6.45, 7) is 7.33. The zero-order valence-corrected chi connectivity index (χ0v) is 10.9. The molecule has 0 aliphatic heterocycles. The Morgan fingerprint density at radius 1 is 1.61 bits per heavy atom. The predicted octanol–water partition coefficient (Wildman–Crippen LogP) is 1.05. The quantitative estimate of drug-likeness (QED) is 0.794. The van der Waals surface area contributed by atoms with Crippen molar-refractivity contribution in [3.63, 3.8) is 0 Å². The second-order valence-corrected chi connectivity index (χ2v) is 4.25. The fourth-order valence-corrected chi connectivity index (χ4v) is 1.33. The van der Waals surface area contributed by atoms with Crippen LogP contribution in [-0.2, 0) is 9.59 Å². The number of likely N-dealkylation sites (N-methyl/N-ethyl adjacent to an activating group) is 1. The number of rotatable bonds is 5. The van der Waals surface area contributed by atoms with Gasteiger partial charge < -0.3 is 10.2 Å². The molecular weight excluding hydrogens is 232 g/mol. The average molecular weight is 250 g/mol. The molecule has 1 rings (SSSR count). The van der Waals surface area contributed by atoms with Crippen LogP contribution in [0.1, 0.15) is 19.9 Å². The van der Waals surface area contributed by atoms with E-state index in [1.54, 1.807) is 24.1 Å². The van der Waals surface area contributed by atoms with Crippen LogP contribution in [0.2, 0.25) is 0 Å². The predicted molar refractivity (Wildman–Crippen MR) is 69.1 cm³/mol. The van der Waals surface area contributed by atoms with E-state index in [-0.39, 0.29) is 24.4 Å². The number of aromatic nitrogens is 2. The maximum absolute atomic E-state index is 11.6. The van der Waals surface area contributed by atoms with Crippen LogP contribution in [0.25, 0.3) is 0 Å². The third-order valence-corrected chi connectivity index (χ3v) is 2.35. The molecule has 2 amide bonds. The van der Waals surface area contributed by atoms with Crippen molar-refractivity contribution in [3.8, 4) is 0 Å². The minimum Gasteiger partial charge on any atom is -0.333 e. The third-order valence-electron chi connectivity index (χ3n) is 2.35. The summed E-state index contributed by atoms with van der Waals surface area (Å²) in [5.74, 6) is -0.556. The first kappa shape index (κ1) is 14.0. The molecule has 18 heavy (non-hydrogen) atoms. The molecule has 0 radical (unpaired) electrons. The van der Waals surface area contributed by atoms with Crippen molar-refractivity contribution in [1.82, 2.24) is 14.7 Å². The Morgan fingerprint density at radius 2 is 2.28 bits per heavy atom. The van der Waals surface area contributed by atoms with Crippen molar-refractivity contribution in [1.29, 1.82) is 0 Å². The van der Waals surface area contributed by atoms with E-state index in [4.69, 9.17) is 0 Å². The molecular formula is C12H18N4O2. The molecule has 0 bridgehead atoms. The van der Waals surface area contributed by atoms with E-state index in [1.165, 1.54) is 11.0 Å². The molecule has 1 N–H and O–H groups in total. The smallest absolute Gasteiger partial charge is 0.246 e. The summed E-state index contributed by atoms with van der Waals surface area (Å²) in [4.78, 5) is 24.1. The number of hydrogen-bond acceptors (Lipinski definition) is 3. The average Bonchev–Trinajstić information content (AvgIpc) is 2.76. The molecule has 0 saturated carbocycles. The van der Waals surface area contributed by atoms with Gasteiger partial charge in [-0.3, -0.25) is 14.3 Å². The van der Waals surface area contributed by atoms with Gasteiger partial charge >= 0.3 is 0 Å². The number of amides is 2. The second-order valence-electron chi connectivity index (χ2n) is 4.25. The molecule has 0 atom stereocenters. The molecule has 0 spiro atoms. The minimum atomic E-state index is -0.289. The van der Waals surface area contributed by atoms with E-state index in [2.05, 4.69) is 17.0 Å². The van der Waals surface area contributed by atoms with Crippen molar-refractivity contribution < 1.29 is 9.59 Å². The highest BCUT2D eigenvalue weighted by Crippen LogP contribution is 2.09. The normalized spacial score (nSPS) is 10.2. The highest BCUT2D eigenvalue weighted by atomic mass is 16.2. The van der Waals surface area contributed by atoms with Crippen LogP contribution in [0, 0.1) is 0 Å². The highest BCUT2D eigenvalue weighted by molar-refractivity contribution is 5.96. The number of hydrogen-bond donors (Lipinski definition) is 1. The standard InChI is InChI=1S/C12H18N4O2/c1-5-12(18)15(4)8-11(17)14-10-6-13-16(7-10)9(2)3/h5-7,9H,1,8H2,2-4H3,(H,14,17). The summed E-state index contributed by atoms with van der Waals surface area (Å²) in [6, 6.07) is 0.237. The molecule has 0 fully saturated rings. The van der Waals surface area contributed by atoms with Crippen molar-refractivity contribution >= 4 is 17.5 Å². The fraction of sp³-hybridized carbons (Fsp3) is 0.417. The Kier molecular flexibility index (Phi) is 4.65. The summed E-state index contributed by atoms with van der Waals surface area (Å²) in [7, 11) is 1.54. The number of nitrogens with zero attached hydrogens (tertiary/aromatic N) is 3. The number of anilines is 1. The lowest BCUT2D eigenvalue weighted by Gasteiger charge is -2.13. The first-order valence-corrected chi connectivity index (χ1v) is 5.65. The van der Waals surface area contributed by atoms with Crippen LogP contribution in [0.4, 0.5) is 5.69 Å². The summed E-state index contributed by atoms with van der Waals surface area (Å²) in [5.41, 5.74) is 0.619. The zero-order valence-electron chi connectivity index (χ0n) is 10.9. The molecule has 6 nitrogen and oxygen atoms in total. The van der Waals surface area contributed by atoms with Crippen molar-refractivity contribution in [2.75, 3.05) is 18.9 Å². The third kappa shape index (κ3) is 3.73. The van der Waals surface area contributed by atoms with Gasteiger partial charge in [0.05, 0.1) is 18.4 Å². The summed E-state index contributed by atoms with van der Waals surface area (Å²) >= 11 is 0. The largest absolute Gasteiger partial charge is 0.333 e. The van der Waals surface area contributed by atoms with Gasteiger partial charge in [-0.05, 0) is 19.9 Å². The lowest BCUT2D eigenvalue weighted by atomic mass is 10.4. The van der Waals surface area contributed by atoms with Gasteiger partial charge in [-0.15, -0.1) is 0 Å². The van der Waals surface area contributed by atoms with Gasteiger partial charge in [-0.25, -0.2) is 0 Å². The first-order valence-electron chi connectivity index (χ1n) is 5.65. The van der Waals surface area contributed by atoms with Crippen LogP contribution in [0.3, 0.4) is 0 Å². The molecule has 1 aromatic rings. The van der Waals surface area contributed by atoms with E-state index in [9.17, 15) is 9.59 Å². The lowest BCUT2D eigenvalue weighted by molar-refractivity contribution is -0.129. The molecule has 6 heteroatoms. The summed E-state index contributed by atoms with van der Waals surface area (Å²) in [6.07, 6.45) is 4.50. The maximum atomic E-state index is 11.6. The van der Waals surface area contributed by atoms with E-state index >= 15 is 0 Å². The maximum Gasteiger partial charge on any atom is 0.246 e. The topological polar surface area (TPSA) is 67.2 Å². The van der Waals surface area contributed by atoms with Gasteiger partial charge in [0.25, 0.3) is 0 Å². The molecule has 0 aliphatic rings. The van der Waals surface area contributed by atoms with Gasteiger partial charge in [0, 0.05) is 19.3 Å². The fourth-order valence-electron chi connectivity index (χ4n) is 1.33. The minimum absolute atomic E-state index is 0.0162. The van der Waals surface area contributed by atoms with Gasteiger partial charge in [-0.1, -0.05) is 6.58 Å². The first-order chi connectivity index (χ1) is 8.43. The van der Waals surface area contributed by atoms with Gasteiger partial charge in [0.2, 0.25) is 11.8 Å². The van der Waals surface area contributed by atoms with Gasteiger partial charge in [-0.2, -0.15) is 5.10 Å². The van der Waals surface area contributed by atoms with Crippen LogP contribution in [0.15, 0.2) is 25.0 Å². The van der Waals surface area contributed by atoms with Crippen LogP contribution in [-0.4, -0.2) is 40.1 Å². The monoisotopic (exact) mass is 250 g/mol.